The summed E-state index contributed by atoms with van der Waals surface area (Å²) in [4.78, 5) is 5.31. The molecule has 2 aliphatic heterocycles. The molecule has 1 aliphatic carbocycles. The van der Waals surface area contributed by atoms with Gasteiger partial charge in [-0.25, -0.2) is 0 Å². The zero-order valence-corrected chi connectivity index (χ0v) is 12.8. The molecule has 0 aromatic heterocycles. The molecule has 20 heavy (non-hydrogen) atoms. The van der Waals surface area contributed by atoms with Crippen LogP contribution in [0, 0.1) is 5.92 Å². The number of nitrogens with two attached hydrogens (primary N) is 1. The summed E-state index contributed by atoms with van der Waals surface area (Å²) in [7, 11) is 0. The van der Waals surface area contributed by atoms with Crippen molar-refractivity contribution < 1.29 is 4.74 Å². The third-order valence-corrected chi connectivity index (χ3v) is 5.52. The lowest BCUT2D eigenvalue weighted by atomic mass is 9.95. The maximum Gasteiger partial charge on any atom is 0.0594 e. The predicted molar refractivity (Wildman–Crippen MR) is 81.8 cm³/mol. The normalized spacial score (nSPS) is 38.0. The van der Waals surface area contributed by atoms with Crippen LogP contribution in [0.25, 0.3) is 0 Å². The van der Waals surface area contributed by atoms with Crippen molar-refractivity contribution >= 4 is 0 Å². The fourth-order valence-electron chi connectivity index (χ4n) is 4.19. The van der Waals surface area contributed by atoms with E-state index in [0.717, 1.165) is 38.3 Å². The van der Waals surface area contributed by atoms with E-state index in [1.165, 1.54) is 58.2 Å². The minimum Gasteiger partial charge on any atom is -0.379 e. The molecule has 2 N–H and O–H groups in total. The summed E-state index contributed by atoms with van der Waals surface area (Å²) in [6.45, 7) is 7.85. The Balaban J connectivity index is 1.46. The molecule has 2 saturated heterocycles. The van der Waals surface area contributed by atoms with Gasteiger partial charge in [-0.1, -0.05) is 19.3 Å². The van der Waals surface area contributed by atoms with Gasteiger partial charge in [0.2, 0.25) is 0 Å². The standard InChI is InChI=1S/C16H31N3O/c17-16-5-3-1-2-4-14(16)12-18-7-6-15(13-18)19-8-10-20-11-9-19/h14-16H,1-13,17H2. The minimum absolute atomic E-state index is 0.444. The second-order valence-electron chi connectivity index (χ2n) is 6.91. The van der Waals surface area contributed by atoms with Gasteiger partial charge in [-0.15, -0.1) is 0 Å². The summed E-state index contributed by atoms with van der Waals surface area (Å²) >= 11 is 0. The topological polar surface area (TPSA) is 41.7 Å². The first-order chi connectivity index (χ1) is 9.83. The van der Waals surface area contributed by atoms with Crippen LogP contribution < -0.4 is 5.73 Å². The maximum atomic E-state index is 6.38. The first-order valence-corrected chi connectivity index (χ1v) is 8.62. The molecule has 3 unspecified atom stereocenters. The van der Waals surface area contributed by atoms with Crippen molar-refractivity contribution in [3.8, 4) is 0 Å². The highest BCUT2D eigenvalue weighted by atomic mass is 16.5. The van der Waals surface area contributed by atoms with E-state index in [1.807, 2.05) is 0 Å². The van der Waals surface area contributed by atoms with Crippen molar-refractivity contribution in [2.75, 3.05) is 45.9 Å². The molecule has 0 amide bonds. The zero-order valence-electron chi connectivity index (χ0n) is 12.8. The fraction of sp³-hybridized carbons (Fsp3) is 1.00. The summed E-state index contributed by atoms with van der Waals surface area (Å²) in [6.07, 6.45) is 8.04. The van der Waals surface area contributed by atoms with Gasteiger partial charge in [-0.3, -0.25) is 4.90 Å². The zero-order chi connectivity index (χ0) is 13.8. The molecular weight excluding hydrogens is 250 g/mol. The third-order valence-electron chi connectivity index (χ3n) is 5.52. The molecule has 3 fully saturated rings. The number of hydrogen-bond acceptors (Lipinski definition) is 4. The monoisotopic (exact) mass is 281 g/mol. The van der Waals surface area contributed by atoms with E-state index < -0.39 is 0 Å². The van der Waals surface area contributed by atoms with Crippen LogP contribution in [-0.2, 0) is 4.74 Å². The van der Waals surface area contributed by atoms with Gasteiger partial charge in [0.15, 0.2) is 0 Å². The molecule has 116 valence electrons. The lowest BCUT2D eigenvalue weighted by Crippen LogP contribution is -2.45. The molecule has 0 radical (unpaired) electrons. The smallest absolute Gasteiger partial charge is 0.0594 e. The van der Waals surface area contributed by atoms with Crippen molar-refractivity contribution in [3.63, 3.8) is 0 Å². The Bertz CT molecular complexity index is 293. The van der Waals surface area contributed by atoms with E-state index in [1.54, 1.807) is 0 Å². The second-order valence-corrected chi connectivity index (χ2v) is 6.91. The largest absolute Gasteiger partial charge is 0.379 e. The molecule has 3 rings (SSSR count). The third kappa shape index (κ3) is 3.73. The predicted octanol–water partition coefficient (Wildman–Crippen LogP) is 1.30. The number of ether oxygens (including phenoxy) is 1. The highest BCUT2D eigenvalue weighted by Crippen LogP contribution is 2.25. The van der Waals surface area contributed by atoms with Gasteiger partial charge in [0, 0.05) is 38.3 Å². The van der Waals surface area contributed by atoms with Crippen molar-refractivity contribution in [2.45, 2.75) is 50.6 Å². The van der Waals surface area contributed by atoms with Gasteiger partial charge in [0.1, 0.15) is 0 Å². The Morgan fingerprint density at radius 2 is 1.75 bits per heavy atom. The Hall–Kier alpha value is -0.160. The molecule has 1 saturated carbocycles. The maximum absolute atomic E-state index is 6.38. The van der Waals surface area contributed by atoms with Crippen LogP contribution >= 0.6 is 0 Å². The average molecular weight is 281 g/mol. The molecule has 4 heteroatoms. The Morgan fingerprint density at radius 3 is 2.60 bits per heavy atom. The number of hydrogen-bond donors (Lipinski definition) is 1. The fourth-order valence-corrected chi connectivity index (χ4v) is 4.19. The molecule has 4 nitrogen and oxygen atoms in total. The molecule has 0 aromatic rings. The lowest BCUT2D eigenvalue weighted by Gasteiger charge is -2.33. The Morgan fingerprint density at radius 1 is 0.950 bits per heavy atom. The van der Waals surface area contributed by atoms with Crippen LogP contribution in [0.4, 0.5) is 0 Å². The highest BCUT2D eigenvalue weighted by Gasteiger charge is 2.31. The molecular formula is C16H31N3O. The number of likely N-dealkylation sites (tertiary alicyclic amines) is 1. The van der Waals surface area contributed by atoms with E-state index in [2.05, 4.69) is 9.80 Å². The van der Waals surface area contributed by atoms with E-state index >= 15 is 0 Å². The minimum atomic E-state index is 0.444. The Labute approximate surface area is 123 Å². The number of morpholine rings is 1. The van der Waals surface area contributed by atoms with Gasteiger partial charge in [-0.05, 0) is 31.7 Å². The summed E-state index contributed by atoms with van der Waals surface area (Å²) in [5.74, 6) is 0.737. The first kappa shape index (κ1) is 14.8. The highest BCUT2D eigenvalue weighted by molar-refractivity contribution is 4.87. The molecule has 0 aromatic carbocycles. The van der Waals surface area contributed by atoms with Gasteiger partial charge in [0.25, 0.3) is 0 Å². The van der Waals surface area contributed by atoms with Crippen molar-refractivity contribution in [2.24, 2.45) is 11.7 Å². The van der Waals surface area contributed by atoms with E-state index in [4.69, 9.17) is 10.5 Å². The van der Waals surface area contributed by atoms with Crippen LogP contribution in [0.3, 0.4) is 0 Å². The molecule has 2 heterocycles. The van der Waals surface area contributed by atoms with Gasteiger partial charge in [-0.2, -0.15) is 0 Å². The average Bonchev–Trinajstić information content (AvgIpc) is 2.86. The molecule has 0 bridgehead atoms. The van der Waals surface area contributed by atoms with Crippen molar-refractivity contribution in [3.05, 3.63) is 0 Å². The Kier molecular flexibility index (Phi) is 5.32. The second kappa shape index (κ2) is 7.21. The van der Waals surface area contributed by atoms with Crippen LogP contribution in [-0.4, -0.2) is 67.8 Å². The quantitative estimate of drug-likeness (QED) is 0.792. The van der Waals surface area contributed by atoms with E-state index in [0.29, 0.717) is 6.04 Å². The van der Waals surface area contributed by atoms with E-state index in [9.17, 15) is 0 Å². The van der Waals surface area contributed by atoms with Crippen LogP contribution in [0.15, 0.2) is 0 Å². The SMILES string of the molecule is NC1CCCCCC1CN1CCC(N2CCOCC2)C1. The number of rotatable bonds is 3. The van der Waals surface area contributed by atoms with Crippen molar-refractivity contribution in [1.29, 1.82) is 0 Å². The van der Waals surface area contributed by atoms with Crippen LogP contribution in [0.2, 0.25) is 0 Å². The summed E-state index contributed by atoms with van der Waals surface area (Å²) in [5.41, 5.74) is 6.38. The summed E-state index contributed by atoms with van der Waals surface area (Å²) in [6, 6.07) is 1.21. The van der Waals surface area contributed by atoms with Gasteiger partial charge < -0.3 is 15.4 Å². The lowest BCUT2D eigenvalue weighted by molar-refractivity contribution is 0.0181. The van der Waals surface area contributed by atoms with E-state index in [-0.39, 0.29) is 0 Å². The number of nitrogens with zero attached hydrogens (tertiary/aromatic N) is 2. The first-order valence-electron chi connectivity index (χ1n) is 8.62. The van der Waals surface area contributed by atoms with Crippen LogP contribution in [0.5, 0.6) is 0 Å². The molecule has 0 spiro atoms. The molecule has 3 aliphatic rings. The van der Waals surface area contributed by atoms with Gasteiger partial charge in [0.05, 0.1) is 13.2 Å². The van der Waals surface area contributed by atoms with Crippen molar-refractivity contribution in [1.82, 2.24) is 9.80 Å². The molecule has 3 atom stereocenters. The van der Waals surface area contributed by atoms with Gasteiger partial charge >= 0.3 is 0 Å². The van der Waals surface area contributed by atoms with Crippen LogP contribution in [0.1, 0.15) is 38.5 Å². The summed E-state index contributed by atoms with van der Waals surface area (Å²) in [5, 5.41) is 0. The summed E-state index contributed by atoms with van der Waals surface area (Å²) < 4.78 is 5.46.